The summed E-state index contributed by atoms with van der Waals surface area (Å²) in [5.41, 5.74) is 3.33. The molecule has 11 heavy (non-hydrogen) atoms. The van der Waals surface area contributed by atoms with Crippen molar-refractivity contribution in [3.8, 4) is 0 Å². The summed E-state index contributed by atoms with van der Waals surface area (Å²) in [6, 6.07) is 0. The quantitative estimate of drug-likeness (QED) is 0.604. The lowest BCUT2D eigenvalue weighted by Gasteiger charge is -2.22. The van der Waals surface area contributed by atoms with Gasteiger partial charge in [-0.1, -0.05) is 25.2 Å². The Kier molecular flexibility index (Phi) is 1.35. The maximum Gasteiger partial charge on any atom is 0.0375 e. The maximum atomic E-state index is 4.08. The third kappa shape index (κ3) is 0.834. The molecule has 0 spiro atoms. The Balaban J connectivity index is 1.88. The van der Waals surface area contributed by atoms with E-state index in [-0.39, 0.29) is 0 Å². The van der Waals surface area contributed by atoms with Crippen LogP contribution in [0.1, 0.15) is 26.2 Å². The van der Waals surface area contributed by atoms with Crippen LogP contribution in [0.3, 0.4) is 0 Å². The van der Waals surface area contributed by atoms with Crippen molar-refractivity contribution in [3.63, 3.8) is 0 Å². The topological polar surface area (TPSA) is 12.0 Å². The molecule has 1 nitrogen and oxygen atoms in total. The molecule has 0 radical (unpaired) electrons. The Hall–Kier alpha value is -0.720. The fourth-order valence-corrected chi connectivity index (χ4v) is 1.79. The average Bonchev–Trinajstić information content (AvgIpc) is 2.50. The summed E-state index contributed by atoms with van der Waals surface area (Å²) in [7, 11) is 0. The van der Waals surface area contributed by atoms with Crippen molar-refractivity contribution in [2.75, 3.05) is 6.54 Å². The summed E-state index contributed by atoms with van der Waals surface area (Å²) in [5.74, 6) is 0. The molecule has 0 bridgehead atoms. The smallest absolute Gasteiger partial charge is 0.0375 e. The maximum absolute atomic E-state index is 4.08. The van der Waals surface area contributed by atoms with Crippen LogP contribution in [0.25, 0.3) is 0 Å². The van der Waals surface area contributed by atoms with Gasteiger partial charge in [0.05, 0.1) is 0 Å². The van der Waals surface area contributed by atoms with Crippen molar-refractivity contribution in [3.05, 3.63) is 23.9 Å². The first-order chi connectivity index (χ1) is 5.29. The molecule has 0 amide bonds. The molecule has 1 unspecified atom stereocenters. The fourth-order valence-electron chi connectivity index (χ4n) is 1.79. The standard InChI is InChI=1S/C10H15N/c1-3-6-11-8(2)10-5-4-9(10)7-10/h4,11H,2-3,5-7H2,1H3. The third-order valence-electron chi connectivity index (χ3n) is 2.84. The van der Waals surface area contributed by atoms with Gasteiger partial charge >= 0.3 is 0 Å². The number of hydrogen-bond donors (Lipinski definition) is 1. The molecular formula is C10H15N. The van der Waals surface area contributed by atoms with Gasteiger partial charge in [0.15, 0.2) is 0 Å². The van der Waals surface area contributed by atoms with Crippen molar-refractivity contribution in [1.82, 2.24) is 5.32 Å². The number of nitrogens with one attached hydrogen (secondary N) is 1. The van der Waals surface area contributed by atoms with Gasteiger partial charge in [-0.2, -0.15) is 0 Å². The highest BCUT2D eigenvalue weighted by Gasteiger charge is 2.55. The molecule has 1 fully saturated rings. The van der Waals surface area contributed by atoms with Gasteiger partial charge in [-0.05, 0) is 19.3 Å². The lowest BCUT2D eigenvalue weighted by atomic mass is 9.90. The van der Waals surface area contributed by atoms with Crippen LogP contribution in [-0.2, 0) is 0 Å². The van der Waals surface area contributed by atoms with Gasteiger partial charge in [0, 0.05) is 17.7 Å². The van der Waals surface area contributed by atoms with Crippen LogP contribution in [0.2, 0.25) is 0 Å². The molecule has 2 rings (SSSR count). The summed E-state index contributed by atoms with van der Waals surface area (Å²) in [6.07, 6.45) is 6.04. The molecule has 0 aromatic heterocycles. The SMILES string of the molecule is C=C(NCCC)C12CC=C1C2. The molecule has 60 valence electrons. The van der Waals surface area contributed by atoms with Crippen molar-refractivity contribution >= 4 is 0 Å². The Morgan fingerprint density at radius 2 is 2.64 bits per heavy atom. The molecule has 1 atom stereocenters. The highest BCUT2D eigenvalue weighted by Crippen LogP contribution is 2.65. The monoisotopic (exact) mass is 149 g/mol. The van der Waals surface area contributed by atoms with Crippen molar-refractivity contribution in [1.29, 1.82) is 0 Å². The third-order valence-corrected chi connectivity index (χ3v) is 2.84. The van der Waals surface area contributed by atoms with Gasteiger partial charge < -0.3 is 5.32 Å². The molecule has 0 saturated heterocycles. The average molecular weight is 149 g/mol. The van der Waals surface area contributed by atoms with E-state index in [2.05, 4.69) is 24.9 Å². The predicted molar refractivity (Wildman–Crippen MR) is 47.2 cm³/mol. The van der Waals surface area contributed by atoms with E-state index >= 15 is 0 Å². The van der Waals surface area contributed by atoms with E-state index in [0.717, 1.165) is 6.54 Å². The van der Waals surface area contributed by atoms with E-state index in [1.54, 1.807) is 5.57 Å². The van der Waals surface area contributed by atoms with Crippen LogP contribution < -0.4 is 5.32 Å². The minimum atomic E-state index is 0.454. The van der Waals surface area contributed by atoms with Crippen LogP contribution in [0.5, 0.6) is 0 Å². The predicted octanol–water partition coefficient (Wildman–Crippen LogP) is 2.22. The van der Waals surface area contributed by atoms with Gasteiger partial charge in [-0.3, -0.25) is 0 Å². The molecule has 2 aliphatic carbocycles. The number of hydrogen-bond acceptors (Lipinski definition) is 1. The summed E-state index contributed by atoms with van der Waals surface area (Å²) < 4.78 is 0. The number of allylic oxidation sites excluding steroid dienone is 2. The van der Waals surface area contributed by atoms with Crippen LogP contribution in [0, 0.1) is 5.41 Å². The van der Waals surface area contributed by atoms with Gasteiger partial charge in [0.2, 0.25) is 0 Å². The van der Waals surface area contributed by atoms with E-state index in [1.807, 2.05) is 0 Å². The normalized spacial score (nSPS) is 31.5. The second kappa shape index (κ2) is 2.13. The summed E-state index contributed by atoms with van der Waals surface area (Å²) in [5, 5.41) is 3.38. The summed E-state index contributed by atoms with van der Waals surface area (Å²) in [4.78, 5) is 0. The van der Waals surface area contributed by atoms with Crippen molar-refractivity contribution in [2.45, 2.75) is 26.2 Å². The molecule has 2 aliphatic rings. The Labute approximate surface area is 68.2 Å². The zero-order valence-corrected chi connectivity index (χ0v) is 7.11. The van der Waals surface area contributed by atoms with Gasteiger partial charge in [0.1, 0.15) is 0 Å². The largest absolute Gasteiger partial charge is 0.388 e. The first-order valence-corrected chi connectivity index (χ1v) is 4.42. The van der Waals surface area contributed by atoms with Crippen molar-refractivity contribution in [2.24, 2.45) is 5.41 Å². The highest BCUT2D eigenvalue weighted by atomic mass is 14.9. The van der Waals surface area contributed by atoms with E-state index in [9.17, 15) is 0 Å². The zero-order valence-electron chi connectivity index (χ0n) is 7.11. The van der Waals surface area contributed by atoms with Gasteiger partial charge in [-0.15, -0.1) is 0 Å². The fraction of sp³-hybridized carbons (Fsp3) is 0.600. The minimum Gasteiger partial charge on any atom is -0.388 e. The second-order valence-electron chi connectivity index (χ2n) is 3.60. The second-order valence-corrected chi connectivity index (χ2v) is 3.60. The van der Waals surface area contributed by atoms with E-state index in [1.165, 1.54) is 25.0 Å². The first kappa shape index (κ1) is 6.96. The van der Waals surface area contributed by atoms with E-state index < -0.39 is 0 Å². The van der Waals surface area contributed by atoms with Gasteiger partial charge in [-0.25, -0.2) is 0 Å². The Bertz CT molecular complexity index is 223. The summed E-state index contributed by atoms with van der Waals surface area (Å²) in [6.45, 7) is 7.34. The first-order valence-electron chi connectivity index (χ1n) is 4.42. The molecule has 1 N–H and O–H groups in total. The number of fused-ring (bicyclic) bond motifs is 1. The molecule has 1 heteroatoms. The van der Waals surface area contributed by atoms with Crippen molar-refractivity contribution < 1.29 is 0 Å². The zero-order chi connectivity index (χ0) is 7.90. The molecule has 0 aliphatic heterocycles. The minimum absolute atomic E-state index is 0.454. The molecule has 0 heterocycles. The van der Waals surface area contributed by atoms with Crippen LogP contribution >= 0.6 is 0 Å². The molecule has 1 saturated carbocycles. The molecule has 0 aromatic rings. The Morgan fingerprint density at radius 1 is 1.82 bits per heavy atom. The molecule has 0 aromatic carbocycles. The van der Waals surface area contributed by atoms with Crippen LogP contribution in [-0.4, -0.2) is 6.54 Å². The molecular weight excluding hydrogens is 134 g/mol. The Morgan fingerprint density at radius 3 is 3.00 bits per heavy atom. The lowest BCUT2D eigenvalue weighted by Crippen LogP contribution is -2.23. The highest BCUT2D eigenvalue weighted by molar-refractivity contribution is 5.50. The van der Waals surface area contributed by atoms with Crippen LogP contribution in [0.4, 0.5) is 0 Å². The number of rotatable bonds is 4. The van der Waals surface area contributed by atoms with Crippen LogP contribution in [0.15, 0.2) is 23.9 Å². The van der Waals surface area contributed by atoms with Gasteiger partial charge in [0.25, 0.3) is 0 Å². The van der Waals surface area contributed by atoms with E-state index in [4.69, 9.17) is 0 Å². The van der Waals surface area contributed by atoms with E-state index in [0.29, 0.717) is 5.41 Å². The summed E-state index contributed by atoms with van der Waals surface area (Å²) >= 11 is 0. The lowest BCUT2D eigenvalue weighted by molar-refractivity contribution is 0.552.